The van der Waals surface area contributed by atoms with E-state index in [1.807, 2.05) is 12.3 Å². The molecule has 0 saturated carbocycles. The summed E-state index contributed by atoms with van der Waals surface area (Å²) in [5.41, 5.74) is 5.49. The lowest BCUT2D eigenvalue weighted by atomic mass is 10.0. The first-order valence-corrected chi connectivity index (χ1v) is 7.46. The molecule has 0 bridgehead atoms. The van der Waals surface area contributed by atoms with Gasteiger partial charge in [0.05, 0.1) is 0 Å². The Morgan fingerprint density at radius 3 is 2.70 bits per heavy atom. The minimum absolute atomic E-state index is 0.608. The van der Waals surface area contributed by atoms with Crippen molar-refractivity contribution < 1.29 is 0 Å². The summed E-state index contributed by atoms with van der Waals surface area (Å²) in [6.45, 7) is 7.64. The van der Waals surface area contributed by atoms with Crippen molar-refractivity contribution in [3.63, 3.8) is 0 Å². The van der Waals surface area contributed by atoms with E-state index >= 15 is 0 Å². The zero-order valence-electron chi connectivity index (χ0n) is 12.3. The first-order chi connectivity index (χ1) is 9.72. The lowest BCUT2D eigenvalue weighted by Crippen LogP contribution is -2.30. The highest BCUT2D eigenvalue weighted by Crippen LogP contribution is 2.20. The van der Waals surface area contributed by atoms with Crippen LogP contribution in [0.1, 0.15) is 42.1 Å². The summed E-state index contributed by atoms with van der Waals surface area (Å²) in [6, 6.07) is 13.3. The van der Waals surface area contributed by atoms with Gasteiger partial charge in [-0.1, -0.05) is 44.2 Å². The predicted octanol–water partition coefficient (Wildman–Crippen LogP) is 3.76. The highest BCUT2D eigenvalue weighted by molar-refractivity contribution is 5.26. The molecule has 1 aromatic heterocycles. The Kier molecular flexibility index (Phi) is 3.83. The topological polar surface area (TPSA) is 16.1 Å². The predicted molar refractivity (Wildman–Crippen MR) is 82.6 cm³/mol. The molecular weight excluding hydrogens is 244 g/mol. The molecule has 3 rings (SSSR count). The molecule has 0 aliphatic carbocycles. The monoisotopic (exact) mass is 266 g/mol. The summed E-state index contributed by atoms with van der Waals surface area (Å²) in [5.74, 6) is 0.608. The Bertz CT molecular complexity index is 572. The number of benzene rings is 1. The Morgan fingerprint density at radius 2 is 1.95 bits per heavy atom. The third-order valence-corrected chi connectivity index (χ3v) is 4.10. The molecule has 0 spiro atoms. The first-order valence-electron chi connectivity index (χ1n) is 7.46. The second-order valence-corrected chi connectivity index (χ2v) is 5.97. The van der Waals surface area contributed by atoms with Crippen LogP contribution in [0.15, 0.2) is 42.6 Å². The van der Waals surface area contributed by atoms with Gasteiger partial charge in [-0.25, -0.2) is 0 Å². The molecular formula is C18H22N2. The third kappa shape index (κ3) is 2.91. The van der Waals surface area contributed by atoms with Crippen LogP contribution in [-0.4, -0.2) is 16.4 Å². The molecule has 2 aromatic rings. The van der Waals surface area contributed by atoms with Crippen molar-refractivity contribution in [1.82, 2.24) is 9.88 Å². The zero-order valence-corrected chi connectivity index (χ0v) is 12.3. The molecule has 0 N–H and O–H groups in total. The molecule has 20 heavy (non-hydrogen) atoms. The highest BCUT2D eigenvalue weighted by atomic mass is 15.1. The van der Waals surface area contributed by atoms with E-state index < -0.39 is 0 Å². The van der Waals surface area contributed by atoms with Crippen molar-refractivity contribution in [3.05, 3.63) is 65.0 Å². The van der Waals surface area contributed by atoms with Crippen LogP contribution in [0.4, 0.5) is 0 Å². The quantitative estimate of drug-likeness (QED) is 0.841. The Hall–Kier alpha value is -1.67. The number of aromatic nitrogens is 1. The van der Waals surface area contributed by atoms with Gasteiger partial charge in [0.1, 0.15) is 0 Å². The average molecular weight is 266 g/mol. The van der Waals surface area contributed by atoms with Crippen LogP contribution >= 0.6 is 0 Å². The molecule has 0 unspecified atom stereocenters. The van der Waals surface area contributed by atoms with Crippen molar-refractivity contribution >= 4 is 0 Å². The Balaban J connectivity index is 1.67. The lowest BCUT2D eigenvalue weighted by molar-refractivity contribution is 0.243. The van der Waals surface area contributed by atoms with Crippen molar-refractivity contribution in [2.24, 2.45) is 0 Å². The van der Waals surface area contributed by atoms with Gasteiger partial charge in [0.25, 0.3) is 0 Å². The smallest absolute Gasteiger partial charge is 0.0461 e. The molecule has 104 valence electrons. The van der Waals surface area contributed by atoms with Crippen LogP contribution in [0.3, 0.4) is 0 Å². The maximum atomic E-state index is 4.47. The van der Waals surface area contributed by atoms with Crippen molar-refractivity contribution in [2.45, 2.75) is 39.3 Å². The molecule has 0 fully saturated rings. The summed E-state index contributed by atoms with van der Waals surface area (Å²) < 4.78 is 0. The van der Waals surface area contributed by atoms with Gasteiger partial charge in [0.2, 0.25) is 0 Å². The molecule has 2 heteroatoms. The molecule has 0 amide bonds. The maximum Gasteiger partial charge on any atom is 0.0461 e. The minimum Gasteiger partial charge on any atom is -0.294 e. The fourth-order valence-electron chi connectivity index (χ4n) is 2.83. The van der Waals surface area contributed by atoms with Gasteiger partial charge in [-0.2, -0.15) is 0 Å². The molecule has 2 nitrogen and oxygen atoms in total. The summed E-state index contributed by atoms with van der Waals surface area (Å²) in [4.78, 5) is 6.97. The Morgan fingerprint density at radius 1 is 1.15 bits per heavy atom. The number of hydrogen-bond acceptors (Lipinski definition) is 2. The van der Waals surface area contributed by atoms with E-state index in [-0.39, 0.29) is 0 Å². The van der Waals surface area contributed by atoms with Crippen LogP contribution in [-0.2, 0) is 19.5 Å². The molecule has 1 aliphatic heterocycles. The van der Waals surface area contributed by atoms with Crippen LogP contribution in [0.25, 0.3) is 0 Å². The molecule has 0 saturated heterocycles. The van der Waals surface area contributed by atoms with Gasteiger partial charge in [0, 0.05) is 37.9 Å². The highest BCUT2D eigenvalue weighted by Gasteiger charge is 2.16. The summed E-state index contributed by atoms with van der Waals surface area (Å²) in [6.07, 6.45) is 2.97. The number of rotatable bonds is 3. The average Bonchev–Trinajstić information content (AvgIpc) is 2.48. The van der Waals surface area contributed by atoms with Crippen LogP contribution < -0.4 is 0 Å². The fraction of sp³-hybridized carbons (Fsp3) is 0.389. The van der Waals surface area contributed by atoms with Crippen molar-refractivity contribution in [1.29, 1.82) is 0 Å². The lowest BCUT2D eigenvalue weighted by Gasteiger charge is -2.28. The molecule has 2 heterocycles. The van der Waals surface area contributed by atoms with E-state index in [1.54, 1.807) is 0 Å². The Labute approximate surface area is 121 Å². The van der Waals surface area contributed by atoms with Crippen LogP contribution in [0.2, 0.25) is 0 Å². The van der Waals surface area contributed by atoms with Gasteiger partial charge in [0.15, 0.2) is 0 Å². The van der Waals surface area contributed by atoms with Gasteiger partial charge in [-0.05, 0) is 28.7 Å². The number of hydrogen-bond donors (Lipinski definition) is 0. The van der Waals surface area contributed by atoms with Crippen molar-refractivity contribution in [2.75, 3.05) is 6.54 Å². The largest absolute Gasteiger partial charge is 0.294 e. The number of nitrogens with zero attached hydrogens (tertiary/aromatic N) is 2. The second kappa shape index (κ2) is 5.76. The normalized spacial score (nSPS) is 15.3. The van der Waals surface area contributed by atoms with Gasteiger partial charge < -0.3 is 0 Å². The van der Waals surface area contributed by atoms with Gasteiger partial charge in [-0.15, -0.1) is 0 Å². The molecule has 1 aliphatic rings. The summed E-state index contributed by atoms with van der Waals surface area (Å²) in [7, 11) is 0. The van der Waals surface area contributed by atoms with Gasteiger partial charge >= 0.3 is 0 Å². The number of pyridine rings is 1. The minimum atomic E-state index is 0.608. The van der Waals surface area contributed by atoms with Crippen LogP contribution in [0, 0.1) is 0 Å². The van der Waals surface area contributed by atoms with E-state index in [0.29, 0.717) is 5.92 Å². The van der Waals surface area contributed by atoms with E-state index in [1.165, 1.54) is 22.4 Å². The van der Waals surface area contributed by atoms with E-state index in [4.69, 9.17) is 0 Å². The van der Waals surface area contributed by atoms with E-state index in [0.717, 1.165) is 26.1 Å². The molecule has 1 aromatic carbocycles. The van der Waals surface area contributed by atoms with Crippen molar-refractivity contribution in [3.8, 4) is 0 Å². The number of fused-ring (bicyclic) bond motifs is 1. The maximum absolute atomic E-state index is 4.47. The van der Waals surface area contributed by atoms with Gasteiger partial charge in [-0.3, -0.25) is 9.88 Å². The summed E-state index contributed by atoms with van der Waals surface area (Å²) >= 11 is 0. The second-order valence-electron chi connectivity index (χ2n) is 5.97. The summed E-state index contributed by atoms with van der Waals surface area (Å²) in [5, 5.41) is 0. The molecule has 0 radical (unpaired) electrons. The standard InChI is InChI=1S/C18H22N2/c1-14(2)16-7-5-15(6-8-16)12-20-11-9-18-17(13-20)4-3-10-19-18/h3-8,10,14H,9,11-13H2,1-2H3. The van der Waals surface area contributed by atoms with Crippen LogP contribution in [0.5, 0.6) is 0 Å². The SMILES string of the molecule is CC(C)c1ccc(CN2CCc3ncccc3C2)cc1. The fourth-order valence-corrected chi connectivity index (χ4v) is 2.83. The first kappa shape index (κ1) is 13.3. The molecule has 0 atom stereocenters. The zero-order chi connectivity index (χ0) is 13.9. The van der Waals surface area contributed by atoms with E-state index in [9.17, 15) is 0 Å². The third-order valence-electron chi connectivity index (χ3n) is 4.10. The van der Waals surface area contributed by atoms with E-state index in [2.05, 4.69) is 54.1 Å².